The third kappa shape index (κ3) is 5.00. The van der Waals surface area contributed by atoms with Gasteiger partial charge in [0.15, 0.2) is 0 Å². The average Bonchev–Trinajstić information content (AvgIpc) is 3.59. The number of hydrogen-bond donors (Lipinski definition) is 0. The summed E-state index contributed by atoms with van der Waals surface area (Å²) >= 11 is 0. The average molecular weight is 665 g/mol. The summed E-state index contributed by atoms with van der Waals surface area (Å²) in [5, 5.41) is 7.33. The number of benzene rings is 8. The lowest BCUT2D eigenvalue weighted by molar-refractivity contribution is 0.669. The molecule has 246 valence electrons. The van der Waals surface area contributed by atoms with Crippen LogP contribution in [-0.4, -0.2) is 0 Å². The molecule has 0 N–H and O–H groups in total. The van der Waals surface area contributed by atoms with Gasteiger partial charge < -0.3 is 4.42 Å². The fourth-order valence-electron chi connectivity index (χ4n) is 8.41. The Morgan fingerprint density at radius 2 is 1.04 bits per heavy atom. The van der Waals surface area contributed by atoms with Crippen LogP contribution < -0.4 is 0 Å². The van der Waals surface area contributed by atoms with Crippen LogP contribution in [0.4, 0.5) is 0 Å². The highest BCUT2D eigenvalue weighted by Gasteiger charge is 2.24. The molecule has 1 aromatic heterocycles. The molecule has 1 aliphatic carbocycles. The molecule has 0 bridgehead atoms. The van der Waals surface area contributed by atoms with E-state index in [2.05, 4.69) is 183 Å². The van der Waals surface area contributed by atoms with Crippen LogP contribution in [0, 0.1) is 5.92 Å². The fourth-order valence-corrected chi connectivity index (χ4v) is 8.41. The summed E-state index contributed by atoms with van der Waals surface area (Å²) in [6.45, 7) is 2.33. The minimum absolute atomic E-state index is 0.435. The first-order chi connectivity index (χ1) is 25.7. The summed E-state index contributed by atoms with van der Waals surface area (Å²) in [5.74, 6) is 0.435. The van der Waals surface area contributed by atoms with E-state index in [0.717, 1.165) is 28.4 Å². The number of fused-ring (bicyclic) bond motifs is 5. The molecule has 0 saturated carbocycles. The molecular formula is C51H36O. The molecule has 1 aliphatic rings. The monoisotopic (exact) mass is 664 g/mol. The van der Waals surface area contributed by atoms with Crippen LogP contribution in [0.5, 0.6) is 0 Å². The van der Waals surface area contributed by atoms with E-state index in [1.807, 2.05) is 6.07 Å². The highest BCUT2D eigenvalue weighted by molar-refractivity contribution is 6.25. The molecule has 1 nitrogen and oxygen atoms in total. The van der Waals surface area contributed by atoms with Gasteiger partial charge in [-0.2, -0.15) is 0 Å². The predicted octanol–water partition coefficient (Wildman–Crippen LogP) is 14.4. The second-order valence-corrected chi connectivity index (χ2v) is 14.1. The van der Waals surface area contributed by atoms with Crippen LogP contribution in [0.3, 0.4) is 0 Å². The highest BCUT2D eigenvalue weighted by atomic mass is 16.3. The third-order valence-electron chi connectivity index (χ3n) is 10.8. The zero-order chi connectivity index (χ0) is 34.6. The van der Waals surface area contributed by atoms with E-state index >= 15 is 0 Å². The summed E-state index contributed by atoms with van der Waals surface area (Å²) < 4.78 is 6.36. The molecule has 0 radical (unpaired) electrons. The zero-order valence-electron chi connectivity index (χ0n) is 29.0. The second-order valence-electron chi connectivity index (χ2n) is 14.1. The van der Waals surface area contributed by atoms with Crippen LogP contribution in [0.25, 0.3) is 88.0 Å². The quantitative estimate of drug-likeness (QED) is 0.167. The molecule has 0 saturated heterocycles. The van der Waals surface area contributed by atoms with Gasteiger partial charge in [-0.15, -0.1) is 0 Å². The van der Waals surface area contributed by atoms with Gasteiger partial charge in [-0.3, -0.25) is 0 Å². The van der Waals surface area contributed by atoms with E-state index in [1.54, 1.807) is 0 Å². The molecule has 1 atom stereocenters. The Labute approximate surface area is 303 Å². The van der Waals surface area contributed by atoms with Gasteiger partial charge in [0.2, 0.25) is 0 Å². The molecule has 0 aliphatic heterocycles. The first-order valence-corrected chi connectivity index (χ1v) is 18.2. The largest absolute Gasteiger partial charge is 0.456 e. The first kappa shape index (κ1) is 30.4. The van der Waals surface area contributed by atoms with E-state index in [0.29, 0.717) is 5.92 Å². The number of allylic oxidation sites excluding steroid dienone is 4. The van der Waals surface area contributed by atoms with Gasteiger partial charge >= 0.3 is 0 Å². The van der Waals surface area contributed by atoms with Gasteiger partial charge in [-0.25, -0.2) is 0 Å². The van der Waals surface area contributed by atoms with Crippen LogP contribution >= 0.6 is 0 Å². The van der Waals surface area contributed by atoms with E-state index in [-0.39, 0.29) is 0 Å². The Hall–Kier alpha value is -6.44. The number of hydrogen-bond acceptors (Lipinski definition) is 1. The van der Waals surface area contributed by atoms with Crippen molar-refractivity contribution in [2.45, 2.75) is 13.3 Å². The predicted molar refractivity (Wildman–Crippen MR) is 221 cm³/mol. The Bertz CT molecular complexity index is 2870. The minimum Gasteiger partial charge on any atom is -0.456 e. The Balaban J connectivity index is 1.31. The topological polar surface area (TPSA) is 13.1 Å². The Kier molecular flexibility index (Phi) is 7.25. The van der Waals surface area contributed by atoms with Crippen molar-refractivity contribution in [1.82, 2.24) is 0 Å². The minimum atomic E-state index is 0.435. The number of rotatable bonds is 5. The molecule has 9 aromatic rings. The zero-order valence-corrected chi connectivity index (χ0v) is 29.0. The third-order valence-corrected chi connectivity index (χ3v) is 10.8. The van der Waals surface area contributed by atoms with Gasteiger partial charge in [-0.05, 0) is 114 Å². The van der Waals surface area contributed by atoms with Gasteiger partial charge in [0, 0.05) is 10.8 Å². The fraction of sp³-hybridized carbons (Fsp3) is 0.0588. The highest BCUT2D eigenvalue weighted by Crippen LogP contribution is 2.48. The van der Waals surface area contributed by atoms with E-state index in [4.69, 9.17) is 4.42 Å². The van der Waals surface area contributed by atoms with Gasteiger partial charge in [0.1, 0.15) is 11.2 Å². The molecule has 10 rings (SSSR count). The van der Waals surface area contributed by atoms with Crippen molar-refractivity contribution in [3.05, 3.63) is 193 Å². The second kappa shape index (κ2) is 12.4. The Morgan fingerprint density at radius 3 is 1.85 bits per heavy atom. The maximum atomic E-state index is 6.36. The maximum absolute atomic E-state index is 6.36. The standard InChI is InChI=1S/C51H36O/c1-33-26-28-39(35-16-6-3-7-17-35)45(30-33)50-42-21-9-8-20-41(42)49(38-19-12-18-36(31-38)34-14-4-2-5-15-34)46-32-37(27-29-43(46)50)40-23-13-25-48-51(40)44-22-10-11-24-47(44)52-48/h2-25,27-33H,26H2,1H3. The van der Waals surface area contributed by atoms with Crippen LogP contribution in [0.1, 0.15) is 24.5 Å². The van der Waals surface area contributed by atoms with Crippen molar-refractivity contribution in [2.24, 2.45) is 5.92 Å². The van der Waals surface area contributed by atoms with Crippen molar-refractivity contribution in [1.29, 1.82) is 0 Å². The maximum Gasteiger partial charge on any atom is 0.136 e. The normalized spacial score (nSPS) is 14.6. The summed E-state index contributed by atoms with van der Waals surface area (Å²) in [4.78, 5) is 0. The summed E-state index contributed by atoms with van der Waals surface area (Å²) in [6.07, 6.45) is 5.98. The molecule has 1 unspecified atom stereocenters. The lowest BCUT2D eigenvalue weighted by Crippen LogP contribution is -2.03. The van der Waals surface area contributed by atoms with E-state index in [9.17, 15) is 0 Å². The molecule has 0 spiro atoms. The van der Waals surface area contributed by atoms with Crippen LogP contribution in [0.15, 0.2) is 186 Å². The van der Waals surface area contributed by atoms with E-state index < -0.39 is 0 Å². The van der Waals surface area contributed by atoms with Gasteiger partial charge in [-0.1, -0.05) is 165 Å². The lowest BCUT2D eigenvalue weighted by atomic mass is 9.78. The Morgan fingerprint density at radius 1 is 0.423 bits per heavy atom. The van der Waals surface area contributed by atoms with Gasteiger partial charge in [0.25, 0.3) is 0 Å². The molecule has 0 fully saturated rings. The molecular weight excluding hydrogens is 629 g/mol. The SMILES string of the molecule is CC1C=C(c2c3ccccc3c(-c3cccc(-c4ccccc4)c3)c3cc(-c4cccc5oc6ccccc6c45)ccc23)C(c2ccccc2)=CC1. The van der Waals surface area contributed by atoms with Gasteiger partial charge in [0.05, 0.1) is 0 Å². The molecule has 8 aromatic carbocycles. The van der Waals surface area contributed by atoms with Crippen molar-refractivity contribution in [2.75, 3.05) is 0 Å². The summed E-state index contributed by atoms with van der Waals surface area (Å²) in [7, 11) is 0. The number of para-hydroxylation sites is 1. The first-order valence-electron chi connectivity index (χ1n) is 18.2. The van der Waals surface area contributed by atoms with Crippen molar-refractivity contribution >= 4 is 54.6 Å². The lowest BCUT2D eigenvalue weighted by Gasteiger charge is -2.25. The van der Waals surface area contributed by atoms with Crippen molar-refractivity contribution < 1.29 is 4.42 Å². The molecule has 52 heavy (non-hydrogen) atoms. The summed E-state index contributed by atoms with van der Waals surface area (Å²) in [6, 6.07) is 61.6. The molecule has 1 heteroatoms. The smallest absolute Gasteiger partial charge is 0.136 e. The van der Waals surface area contributed by atoms with Crippen molar-refractivity contribution in [3.63, 3.8) is 0 Å². The van der Waals surface area contributed by atoms with Crippen LogP contribution in [-0.2, 0) is 0 Å². The molecule has 1 heterocycles. The van der Waals surface area contributed by atoms with Crippen LogP contribution in [0.2, 0.25) is 0 Å². The van der Waals surface area contributed by atoms with E-state index in [1.165, 1.54) is 77.2 Å². The summed E-state index contributed by atoms with van der Waals surface area (Å²) in [5.41, 5.74) is 14.3. The van der Waals surface area contributed by atoms with Crippen molar-refractivity contribution in [3.8, 4) is 33.4 Å². The molecule has 0 amide bonds. The number of furan rings is 1.